The van der Waals surface area contributed by atoms with Gasteiger partial charge in [-0.3, -0.25) is 10.1 Å². The van der Waals surface area contributed by atoms with Gasteiger partial charge in [0.2, 0.25) is 0 Å². The van der Waals surface area contributed by atoms with Gasteiger partial charge in [-0.2, -0.15) is 5.10 Å². The van der Waals surface area contributed by atoms with Crippen LogP contribution in [0.1, 0.15) is 0 Å². The first-order valence-corrected chi connectivity index (χ1v) is 3.68. The van der Waals surface area contributed by atoms with Gasteiger partial charge in [0.15, 0.2) is 0 Å². The van der Waals surface area contributed by atoms with Gasteiger partial charge < -0.3 is 0 Å². The van der Waals surface area contributed by atoms with Gasteiger partial charge in [-0.1, -0.05) is 0 Å². The fourth-order valence-corrected chi connectivity index (χ4v) is 1.17. The molecule has 0 aliphatic heterocycles. The fraction of sp³-hybridized carbons (Fsp3) is 0. The topological polar surface area (TPSA) is 90.4 Å². The monoisotopic (exact) mass is 192 g/mol. The van der Waals surface area contributed by atoms with Crippen LogP contribution in [0.5, 0.6) is 0 Å². The van der Waals surface area contributed by atoms with Gasteiger partial charge in [0.1, 0.15) is 5.52 Å². The Morgan fingerprint density at radius 1 is 1.50 bits per heavy atom. The van der Waals surface area contributed by atoms with E-state index in [1.54, 1.807) is 0 Å². The van der Waals surface area contributed by atoms with Crippen LogP contribution in [-0.4, -0.2) is 14.8 Å². The van der Waals surface area contributed by atoms with Crippen LogP contribution in [0.4, 0.5) is 5.69 Å². The standard InChI is InChI=1S/C7H4N4O3/c12-9-10-7-3-6(11(13)14)2-1-5(7)4-8-10/h1-4H. The van der Waals surface area contributed by atoms with Crippen molar-refractivity contribution >= 4 is 16.6 Å². The molecule has 0 aliphatic rings. The van der Waals surface area contributed by atoms with E-state index in [9.17, 15) is 15.0 Å². The van der Waals surface area contributed by atoms with Crippen molar-refractivity contribution in [2.24, 2.45) is 5.29 Å². The van der Waals surface area contributed by atoms with Gasteiger partial charge >= 0.3 is 0 Å². The number of nitroso groups, excluding NO2 is 1. The smallest absolute Gasteiger partial charge is 0.258 e. The number of rotatable bonds is 2. The number of nitro benzene ring substituents is 1. The number of aromatic nitrogens is 2. The Hall–Kier alpha value is -2.31. The van der Waals surface area contributed by atoms with Crippen molar-refractivity contribution in [1.82, 2.24) is 9.89 Å². The molecule has 0 saturated carbocycles. The summed E-state index contributed by atoms with van der Waals surface area (Å²) in [7, 11) is 0. The Morgan fingerprint density at radius 3 is 2.93 bits per heavy atom. The van der Waals surface area contributed by atoms with E-state index in [1.807, 2.05) is 0 Å². The molecule has 70 valence electrons. The van der Waals surface area contributed by atoms with Gasteiger partial charge in [-0.05, 0) is 6.07 Å². The highest BCUT2D eigenvalue weighted by atomic mass is 16.6. The van der Waals surface area contributed by atoms with Crippen molar-refractivity contribution in [3.63, 3.8) is 0 Å². The van der Waals surface area contributed by atoms with Gasteiger partial charge in [-0.25, -0.2) is 0 Å². The molecule has 0 spiro atoms. The van der Waals surface area contributed by atoms with Crippen LogP contribution in [0.2, 0.25) is 0 Å². The summed E-state index contributed by atoms with van der Waals surface area (Å²) in [4.78, 5) is 20.9. The second kappa shape index (κ2) is 2.87. The average molecular weight is 192 g/mol. The van der Waals surface area contributed by atoms with Crippen LogP contribution >= 0.6 is 0 Å². The molecular weight excluding hydrogens is 188 g/mol. The van der Waals surface area contributed by atoms with Crippen LogP contribution in [0.15, 0.2) is 29.7 Å². The number of benzene rings is 1. The van der Waals surface area contributed by atoms with Crippen LogP contribution in [0, 0.1) is 15.0 Å². The molecule has 0 unspecified atom stereocenters. The van der Waals surface area contributed by atoms with Gasteiger partial charge in [0.25, 0.3) is 5.69 Å². The van der Waals surface area contributed by atoms with Crippen LogP contribution in [-0.2, 0) is 0 Å². The number of nitrogens with zero attached hydrogens (tertiary/aromatic N) is 4. The molecule has 0 fully saturated rings. The lowest BCUT2D eigenvalue weighted by Gasteiger charge is -1.91. The summed E-state index contributed by atoms with van der Waals surface area (Å²) in [5.41, 5.74) is 0.233. The van der Waals surface area contributed by atoms with E-state index >= 15 is 0 Å². The highest BCUT2D eigenvalue weighted by molar-refractivity contribution is 5.80. The van der Waals surface area contributed by atoms with E-state index in [1.165, 1.54) is 24.4 Å². The second-order valence-electron chi connectivity index (χ2n) is 2.62. The van der Waals surface area contributed by atoms with Crippen molar-refractivity contribution in [2.45, 2.75) is 0 Å². The Kier molecular flexibility index (Phi) is 1.70. The fourth-order valence-electron chi connectivity index (χ4n) is 1.17. The third-order valence-corrected chi connectivity index (χ3v) is 1.82. The zero-order valence-corrected chi connectivity index (χ0v) is 6.82. The summed E-state index contributed by atoms with van der Waals surface area (Å²) >= 11 is 0. The Bertz CT molecular complexity index is 519. The number of hydrogen-bond acceptors (Lipinski definition) is 5. The predicted octanol–water partition coefficient (Wildman–Crippen LogP) is 1.47. The molecule has 1 aromatic carbocycles. The van der Waals surface area contributed by atoms with Crippen molar-refractivity contribution in [1.29, 1.82) is 0 Å². The van der Waals surface area contributed by atoms with Gasteiger partial charge in [-0.15, -0.1) is 9.70 Å². The van der Waals surface area contributed by atoms with Crippen LogP contribution < -0.4 is 0 Å². The highest BCUT2D eigenvalue weighted by Gasteiger charge is 2.09. The molecule has 0 atom stereocenters. The molecular formula is C7H4N4O3. The van der Waals surface area contributed by atoms with E-state index in [-0.39, 0.29) is 5.69 Å². The summed E-state index contributed by atoms with van der Waals surface area (Å²) in [6.07, 6.45) is 1.42. The summed E-state index contributed by atoms with van der Waals surface area (Å²) in [5.74, 6) is 0. The number of hydrogen-bond donors (Lipinski definition) is 0. The van der Waals surface area contributed by atoms with E-state index < -0.39 is 4.92 Å². The molecule has 0 amide bonds. The van der Waals surface area contributed by atoms with Gasteiger partial charge in [0, 0.05) is 17.5 Å². The Labute approximate surface area is 77.0 Å². The van der Waals surface area contributed by atoms with E-state index in [0.717, 1.165) is 4.79 Å². The molecule has 7 nitrogen and oxygen atoms in total. The first-order chi connectivity index (χ1) is 6.72. The minimum Gasteiger partial charge on any atom is -0.258 e. The lowest BCUT2D eigenvalue weighted by atomic mass is 10.2. The van der Waals surface area contributed by atoms with Crippen molar-refractivity contribution in [2.75, 3.05) is 0 Å². The normalized spacial score (nSPS) is 10.3. The molecule has 0 saturated heterocycles. The molecule has 0 bridgehead atoms. The first-order valence-electron chi connectivity index (χ1n) is 3.68. The molecule has 2 rings (SSSR count). The van der Waals surface area contributed by atoms with Crippen molar-refractivity contribution < 1.29 is 4.92 Å². The predicted molar refractivity (Wildman–Crippen MR) is 47.6 cm³/mol. The van der Waals surface area contributed by atoms with Crippen molar-refractivity contribution in [3.8, 4) is 0 Å². The zero-order valence-electron chi connectivity index (χ0n) is 6.82. The molecule has 0 radical (unpaired) electrons. The minimum absolute atomic E-state index is 0.0945. The summed E-state index contributed by atoms with van der Waals surface area (Å²) < 4.78 is 0. The molecule has 1 heterocycles. The Balaban J connectivity index is 2.73. The number of non-ortho nitro benzene ring substituents is 1. The second-order valence-corrected chi connectivity index (χ2v) is 2.62. The molecule has 0 aliphatic carbocycles. The summed E-state index contributed by atoms with van der Waals surface area (Å²) in [6.45, 7) is 0. The maximum atomic E-state index is 10.4. The van der Waals surface area contributed by atoms with E-state index in [4.69, 9.17) is 0 Å². The quantitative estimate of drug-likeness (QED) is 0.409. The highest BCUT2D eigenvalue weighted by Crippen LogP contribution is 2.20. The lowest BCUT2D eigenvalue weighted by molar-refractivity contribution is -0.384. The third-order valence-electron chi connectivity index (χ3n) is 1.82. The zero-order chi connectivity index (χ0) is 10.1. The van der Waals surface area contributed by atoms with Crippen LogP contribution in [0.25, 0.3) is 10.9 Å². The van der Waals surface area contributed by atoms with Gasteiger partial charge in [0.05, 0.1) is 16.4 Å². The molecule has 7 heteroatoms. The maximum absolute atomic E-state index is 10.4. The summed E-state index contributed by atoms with van der Waals surface area (Å²) in [5, 5.41) is 17.3. The van der Waals surface area contributed by atoms with E-state index in [2.05, 4.69) is 10.4 Å². The van der Waals surface area contributed by atoms with E-state index in [0.29, 0.717) is 10.9 Å². The maximum Gasteiger partial charge on any atom is 0.271 e. The number of fused-ring (bicyclic) bond motifs is 1. The Morgan fingerprint density at radius 2 is 2.29 bits per heavy atom. The number of nitro groups is 1. The molecule has 2 aromatic rings. The van der Waals surface area contributed by atoms with Crippen molar-refractivity contribution in [3.05, 3.63) is 39.4 Å². The molecule has 1 aromatic heterocycles. The largest absolute Gasteiger partial charge is 0.271 e. The minimum atomic E-state index is -0.540. The summed E-state index contributed by atoms with van der Waals surface area (Å²) in [6, 6.07) is 4.12. The first kappa shape index (κ1) is 8.30. The molecule has 14 heavy (non-hydrogen) atoms. The third kappa shape index (κ3) is 1.11. The average Bonchev–Trinajstić information content (AvgIpc) is 2.59. The SMILES string of the molecule is O=Nn1ncc2ccc([N+](=O)[O-])cc21. The van der Waals surface area contributed by atoms with Crippen LogP contribution in [0.3, 0.4) is 0 Å². The molecule has 0 N–H and O–H groups in total. The lowest BCUT2D eigenvalue weighted by Crippen LogP contribution is -1.90.